The van der Waals surface area contributed by atoms with E-state index < -0.39 is 17.6 Å². The van der Waals surface area contributed by atoms with E-state index in [9.17, 15) is 0 Å². The van der Waals surface area contributed by atoms with Gasteiger partial charge >= 0.3 is 0 Å². The van der Waals surface area contributed by atoms with Gasteiger partial charge in [0, 0.05) is 5.25 Å². The van der Waals surface area contributed by atoms with E-state index in [-0.39, 0.29) is 5.25 Å². The van der Waals surface area contributed by atoms with Crippen LogP contribution in [0.2, 0.25) is 0 Å². The van der Waals surface area contributed by atoms with Gasteiger partial charge in [0.1, 0.15) is 11.5 Å². The van der Waals surface area contributed by atoms with Crippen molar-refractivity contribution in [2.75, 3.05) is 0 Å². The fraction of sp³-hybridized carbons (Fsp3) is 1.00. The fourth-order valence-electron chi connectivity index (χ4n) is 1.04. The van der Waals surface area contributed by atoms with E-state index in [1.165, 1.54) is 11.8 Å². The summed E-state index contributed by atoms with van der Waals surface area (Å²) in [7, 11) is 0. The molecule has 0 saturated carbocycles. The van der Waals surface area contributed by atoms with Gasteiger partial charge in [-0.15, -0.1) is 11.8 Å². The lowest BCUT2D eigenvalue weighted by atomic mass is 10.1. The molecule has 10 heavy (non-hydrogen) atoms. The maximum absolute atomic E-state index is 9.10. The summed E-state index contributed by atoms with van der Waals surface area (Å²) in [6, 6.07) is 0. The van der Waals surface area contributed by atoms with Crippen molar-refractivity contribution < 1.29 is 15.3 Å². The Balaban J connectivity index is 2.49. The molecule has 0 spiro atoms. The van der Waals surface area contributed by atoms with Crippen LogP contribution in [0.1, 0.15) is 13.3 Å². The maximum Gasteiger partial charge on any atom is 0.128 e. The van der Waals surface area contributed by atoms with Gasteiger partial charge in [-0.05, 0) is 6.42 Å². The molecule has 1 heterocycles. The van der Waals surface area contributed by atoms with E-state index in [4.69, 9.17) is 15.3 Å². The lowest BCUT2D eigenvalue weighted by Crippen LogP contribution is -2.42. The van der Waals surface area contributed by atoms with Crippen LogP contribution in [0.3, 0.4) is 0 Å². The van der Waals surface area contributed by atoms with Crippen LogP contribution in [0.4, 0.5) is 0 Å². The molecule has 4 unspecified atom stereocenters. The van der Waals surface area contributed by atoms with Crippen molar-refractivity contribution in [2.24, 2.45) is 0 Å². The summed E-state index contributed by atoms with van der Waals surface area (Å²) in [5, 5.41) is 27.4. The summed E-state index contributed by atoms with van der Waals surface area (Å²) in [5.74, 6) is 0. The van der Waals surface area contributed by atoms with E-state index in [1.807, 2.05) is 6.92 Å². The number of aliphatic hydroxyl groups is 3. The molecule has 3 nitrogen and oxygen atoms in total. The van der Waals surface area contributed by atoms with Crippen molar-refractivity contribution in [3.05, 3.63) is 0 Å². The van der Waals surface area contributed by atoms with Crippen LogP contribution in [0.25, 0.3) is 0 Å². The van der Waals surface area contributed by atoms with Crippen molar-refractivity contribution >= 4 is 11.8 Å². The molecule has 3 N–H and O–H groups in total. The lowest BCUT2D eigenvalue weighted by molar-refractivity contribution is -0.0356. The van der Waals surface area contributed by atoms with Crippen LogP contribution < -0.4 is 0 Å². The van der Waals surface area contributed by atoms with Crippen molar-refractivity contribution in [3.63, 3.8) is 0 Å². The van der Waals surface area contributed by atoms with Gasteiger partial charge in [-0.3, -0.25) is 0 Å². The van der Waals surface area contributed by atoms with Crippen LogP contribution >= 0.6 is 11.8 Å². The molecule has 0 aliphatic carbocycles. The van der Waals surface area contributed by atoms with Gasteiger partial charge in [0.2, 0.25) is 0 Å². The van der Waals surface area contributed by atoms with Crippen molar-refractivity contribution in [3.8, 4) is 0 Å². The van der Waals surface area contributed by atoms with Crippen LogP contribution in [0.5, 0.6) is 0 Å². The first-order valence-corrected chi connectivity index (χ1v) is 4.25. The molecule has 4 heteroatoms. The zero-order valence-electron chi connectivity index (χ0n) is 5.77. The average molecular weight is 164 g/mol. The molecule has 0 radical (unpaired) electrons. The third-order valence-electron chi connectivity index (χ3n) is 1.63. The van der Waals surface area contributed by atoms with E-state index in [1.54, 1.807) is 0 Å². The highest BCUT2D eigenvalue weighted by Gasteiger charge is 2.32. The van der Waals surface area contributed by atoms with Gasteiger partial charge < -0.3 is 15.3 Å². The van der Waals surface area contributed by atoms with Crippen LogP contribution in [0, 0.1) is 0 Å². The Morgan fingerprint density at radius 3 is 2.40 bits per heavy atom. The standard InChI is InChI=1S/C6H12O3S/c1-3-2-4(7)5(8)6(9)10-3/h3-9H,2H2,1H3. The Morgan fingerprint density at radius 1 is 1.30 bits per heavy atom. The molecule has 0 amide bonds. The minimum absolute atomic E-state index is 0.230. The summed E-state index contributed by atoms with van der Waals surface area (Å²) < 4.78 is 0. The smallest absolute Gasteiger partial charge is 0.128 e. The largest absolute Gasteiger partial charge is 0.390 e. The molecule has 60 valence electrons. The Hall–Kier alpha value is 0.230. The highest BCUT2D eigenvalue weighted by Crippen LogP contribution is 2.30. The zero-order chi connectivity index (χ0) is 7.72. The van der Waals surface area contributed by atoms with Gasteiger partial charge in [-0.2, -0.15) is 0 Å². The molecule has 0 bridgehead atoms. The lowest BCUT2D eigenvalue weighted by Gasteiger charge is -2.31. The van der Waals surface area contributed by atoms with Crippen LogP contribution in [0.15, 0.2) is 0 Å². The quantitative estimate of drug-likeness (QED) is 0.454. The third-order valence-corrected chi connectivity index (χ3v) is 2.85. The maximum atomic E-state index is 9.10. The first-order chi connectivity index (χ1) is 4.61. The van der Waals surface area contributed by atoms with Gasteiger partial charge in [0.15, 0.2) is 0 Å². The molecule has 1 saturated heterocycles. The van der Waals surface area contributed by atoms with Gasteiger partial charge in [0.05, 0.1) is 6.10 Å². The Morgan fingerprint density at radius 2 is 1.90 bits per heavy atom. The van der Waals surface area contributed by atoms with Crippen molar-refractivity contribution in [2.45, 2.75) is 36.2 Å². The average Bonchev–Trinajstić information content (AvgIpc) is 1.82. The summed E-state index contributed by atoms with van der Waals surface area (Å²) in [5.41, 5.74) is -0.821. The molecule has 1 aliphatic rings. The molecule has 1 fully saturated rings. The molecule has 4 atom stereocenters. The molecule has 1 aliphatic heterocycles. The second kappa shape index (κ2) is 3.09. The minimum atomic E-state index is -0.971. The molecular formula is C6H12O3S. The molecular weight excluding hydrogens is 152 g/mol. The normalized spacial score (nSPS) is 49.2. The molecule has 0 aromatic rings. The Bertz CT molecular complexity index is 108. The van der Waals surface area contributed by atoms with E-state index in [0.29, 0.717) is 6.42 Å². The Labute approximate surface area is 64.1 Å². The van der Waals surface area contributed by atoms with Crippen LogP contribution in [-0.4, -0.2) is 38.2 Å². The monoisotopic (exact) mass is 164 g/mol. The second-order valence-electron chi connectivity index (χ2n) is 2.63. The highest BCUT2D eigenvalue weighted by molar-refractivity contribution is 8.00. The molecule has 1 rings (SSSR count). The fourth-order valence-corrected chi connectivity index (χ4v) is 2.17. The van der Waals surface area contributed by atoms with Gasteiger partial charge in [-0.25, -0.2) is 0 Å². The van der Waals surface area contributed by atoms with Gasteiger partial charge in [0.25, 0.3) is 0 Å². The van der Waals surface area contributed by atoms with Gasteiger partial charge in [-0.1, -0.05) is 6.92 Å². The summed E-state index contributed by atoms with van der Waals surface area (Å²) in [6.07, 6.45) is -1.17. The third kappa shape index (κ3) is 1.63. The first-order valence-electron chi connectivity index (χ1n) is 3.31. The number of thioether (sulfide) groups is 1. The Kier molecular flexibility index (Phi) is 2.57. The molecule has 0 aromatic carbocycles. The minimum Gasteiger partial charge on any atom is -0.390 e. The van der Waals surface area contributed by atoms with E-state index in [0.717, 1.165) is 0 Å². The van der Waals surface area contributed by atoms with E-state index >= 15 is 0 Å². The summed E-state index contributed by atoms with van der Waals surface area (Å²) in [6.45, 7) is 1.92. The van der Waals surface area contributed by atoms with Crippen molar-refractivity contribution in [1.29, 1.82) is 0 Å². The first kappa shape index (κ1) is 8.33. The van der Waals surface area contributed by atoms with Crippen molar-refractivity contribution in [1.82, 2.24) is 0 Å². The highest BCUT2D eigenvalue weighted by atomic mass is 32.2. The number of hydrogen-bond donors (Lipinski definition) is 3. The second-order valence-corrected chi connectivity index (χ2v) is 4.19. The predicted molar refractivity (Wildman–Crippen MR) is 39.7 cm³/mol. The summed E-state index contributed by atoms with van der Waals surface area (Å²) >= 11 is 1.30. The number of aliphatic hydroxyl groups excluding tert-OH is 3. The van der Waals surface area contributed by atoms with E-state index in [2.05, 4.69) is 0 Å². The molecule has 0 aromatic heterocycles. The number of hydrogen-bond acceptors (Lipinski definition) is 4. The predicted octanol–water partition coefficient (Wildman–Crippen LogP) is -0.448. The number of rotatable bonds is 0. The zero-order valence-corrected chi connectivity index (χ0v) is 6.58. The summed E-state index contributed by atoms with van der Waals surface area (Å²) in [4.78, 5) is 0. The topological polar surface area (TPSA) is 60.7 Å². The van der Waals surface area contributed by atoms with Crippen LogP contribution in [-0.2, 0) is 0 Å². The SMILES string of the molecule is CC1CC(O)C(O)C(O)S1.